The number of nitrogens with zero attached hydrogens (tertiary/aromatic N) is 1. The summed E-state index contributed by atoms with van der Waals surface area (Å²) in [5.41, 5.74) is 1.17. The quantitative estimate of drug-likeness (QED) is 0.850. The number of halogens is 1. The fourth-order valence-electron chi connectivity index (χ4n) is 1.50. The van der Waals surface area contributed by atoms with E-state index in [1.165, 1.54) is 24.5 Å². The maximum atomic E-state index is 11.8. The highest BCUT2D eigenvalue weighted by atomic mass is 35.5. The summed E-state index contributed by atoms with van der Waals surface area (Å²) in [6, 6.07) is 4.68. The molecular weight excluding hydrogens is 314 g/mol. The van der Waals surface area contributed by atoms with Crippen molar-refractivity contribution in [3.63, 3.8) is 0 Å². The number of thiazole rings is 1. The second-order valence-corrected chi connectivity index (χ2v) is 5.32. The maximum absolute atomic E-state index is 11.8. The van der Waals surface area contributed by atoms with Crippen LogP contribution in [-0.4, -0.2) is 23.9 Å². The summed E-state index contributed by atoms with van der Waals surface area (Å²) in [6.07, 6.45) is 0. The van der Waals surface area contributed by atoms with Crippen molar-refractivity contribution >= 4 is 45.6 Å². The van der Waals surface area contributed by atoms with E-state index in [4.69, 9.17) is 16.3 Å². The Labute approximate surface area is 130 Å². The fourth-order valence-corrected chi connectivity index (χ4v) is 2.44. The highest BCUT2D eigenvalue weighted by Gasteiger charge is 2.16. The molecule has 110 valence electrons. The molecule has 0 aliphatic rings. The second-order valence-electron chi connectivity index (χ2n) is 4.05. The van der Waals surface area contributed by atoms with E-state index in [2.05, 4.69) is 15.6 Å². The minimum absolute atomic E-state index is 0.339. The lowest BCUT2D eigenvalue weighted by Crippen LogP contribution is -2.29. The van der Waals surface area contributed by atoms with Crippen LogP contribution in [0.4, 0.5) is 10.8 Å². The highest BCUT2D eigenvalue weighted by molar-refractivity contribution is 7.14. The molecule has 8 heteroatoms. The first kappa shape index (κ1) is 15.3. The molecule has 21 heavy (non-hydrogen) atoms. The number of hydrogen-bond donors (Lipinski definition) is 2. The van der Waals surface area contributed by atoms with Gasteiger partial charge in [-0.15, -0.1) is 11.3 Å². The monoisotopic (exact) mass is 325 g/mol. The van der Waals surface area contributed by atoms with Gasteiger partial charge in [0.05, 0.1) is 17.8 Å². The van der Waals surface area contributed by atoms with Crippen molar-refractivity contribution in [3.8, 4) is 5.75 Å². The van der Waals surface area contributed by atoms with E-state index in [0.29, 0.717) is 21.6 Å². The zero-order valence-electron chi connectivity index (χ0n) is 11.3. The standard InChI is InChI=1S/C13H12ClN3O3S/c1-7-6-21-13(15-7)17-12(19)11(18)16-8-3-4-10(20-2)9(14)5-8/h3-6H,1-2H3,(H,16,18)(H,15,17,19). The fraction of sp³-hybridized carbons (Fsp3) is 0.154. The van der Waals surface area contributed by atoms with E-state index in [1.807, 2.05) is 0 Å². The van der Waals surface area contributed by atoms with Gasteiger partial charge in [-0.2, -0.15) is 0 Å². The van der Waals surface area contributed by atoms with Gasteiger partial charge in [0, 0.05) is 11.1 Å². The zero-order valence-corrected chi connectivity index (χ0v) is 12.8. The smallest absolute Gasteiger partial charge is 0.315 e. The van der Waals surface area contributed by atoms with Gasteiger partial charge in [-0.05, 0) is 25.1 Å². The molecule has 6 nitrogen and oxygen atoms in total. The number of benzene rings is 1. The van der Waals surface area contributed by atoms with E-state index in [1.54, 1.807) is 24.4 Å². The van der Waals surface area contributed by atoms with E-state index in [0.717, 1.165) is 5.69 Å². The van der Waals surface area contributed by atoms with Crippen LogP contribution in [0, 0.1) is 6.92 Å². The Morgan fingerprint density at radius 3 is 2.57 bits per heavy atom. The van der Waals surface area contributed by atoms with Crippen molar-refractivity contribution in [1.82, 2.24) is 4.98 Å². The molecule has 0 saturated heterocycles. The van der Waals surface area contributed by atoms with Crippen molar-refractivity contribution in [2.75, 3.05) is 17.7 Å². The summed E-state index contributed by atoms with van der Waals surface area (Å²) in [6.45, 7) is 1.80. The van der Waals surface area contributed by atoms with Gasteiger partial charge in [0.15, 0.2) is 5.13 Å². The number of amides is 2. The Morgan fingerprint density at radius 1 is 1.29 bits per heavy atom. The molecule has 1 heterocycles. The highest BCUT2D eigenvalue weighted by Crippen LogP contribution is 2.27. The van der Waals surface area contributed by atoms with Crippen LogP contribution in [0.15, 0.2) is 23.6 Å². The molecule has 2 amide bonds. The van der Waals surface area contributed by atoms with Crippen molar-refractivity contribution < 1.29 is 14.3 Å². The largest absolute Gasteiger partial charge is 0.495 e. The second kappa shape index (κ2) is 6.55. The number of nitrogens with one attached hydrogen (secondary N) is 2. The molecule has 0 radical (unpaired) electrons. The topological polar surface area (TPSA) is 80.3 Å². The Morgan fingerprint density at radius 2 is 2.00 bits per heavy atom. The third-order valence-electron chi connectivity index (χ3n) is 2.46. The minimum Gasteiger partial charge on any atom is -0.495 e. The minimum atomic E-state index is -0.802. The number of carbonyl (C=O) groups is 2. The number of aromatic nitrogens is 1. The van der Waals surface area contributed by atoms with Crippen LogP contribution in [-0.2, 0) is 9.59 Å². The van der Waals surface area contributed by atoms with Crippen LogP contribution in [0.1, 0.15) is 5.69 Å². The van der Waals surface area contributed by atoms with Crippen molar-refractivity contribution in [1.29, 1.82) is 0 Å². The predicted molar refractivity (Wildman–Crippen MR) is 82.1 cm³/mol. The molecule has 0 bridgehead atoms. The molecule has 0 saturated carbocycles. The van der Waals surface area contributed by atoms with E-state index < -0.39 is 11.8 Å². The van der Waals surface area contributed by atoms with Crippen molar-refractivity contribution in [2.45, 2.75) is 6.92 Å². The van der Waals surface area contributed by atoms with E-state index in [9.17, 15) is 9.59 Å². The Hall–Kier alpha value is -2.12. The molecule has 1 aromatic carbocycles. The third kappa shape index (κ3) is 3.93. The number of aryl methyl sites for hydroxylation is 1. The lowest BCUT2D eigenvalue weighted by molar-refractivity contribution is -0.132. The summed E-state index contributed by atoms with van der Waals surface area (Å²) >= 11 is 7.19. The van der Waals surface area contributed by atoms with Crippen LogP contribution >= 0.6 is 22.9 Å². The molecule has 0 fully saturated rings. The van der Waals surface area contributed by atoms with Gasteiger partial charge >= 0.3 is 11.8 Å². The van der Waals surface area contributed by atoms with Gasteiger partial charge < -0.3 is 10.1 Å². The molecule has 2 N–H and O–H groups in total. The van der Waals surface area contributed by atoms with Crippen LogP contribution < -0.4 is 15.4 Å². The van der Waals surface area contributed by atoms with Crippen LogP contribution in [0.2, 0.25) is 5.02 Å². The molecule has 0 unspecified atom stereocenters. The summed E-state index contributed by atoms with van der Waals surface area (Å²) in [5, 5.41) is 7.35. The Bertz CT molecular complexity index is 687. The van der Waals surface area contributed by atoms with Crippen LogP contribution in [0.25, 0.3) is 0 Å². The maximum Gasteiger partial charge on any atom is 0.315 e. The summed E-state index contributed by atoms with van der Waals surface area (Å²) in [7, 11) is 1.49. The molecule has 0 atom stereocenters. The van der Waals surface area contributed by atoms with Crippen LogP contribution in [0.3, 0.4) is 0 Å². The number of ether oxygens (including phenoxy) is 1. The Balaban J connectivity index is 2.00. The first-order valence-corrected chi connectivity index (χ1v) is 7.13. The number of hydrogen-bond acceptors (Lipinski definition) is 5. The molecule has 0 aliphatic heterocycles. The average Bonchev–Trinajstić information content (AvgIpc) is 2.84. The first-order valence-electron chi connectivity index (χ1n) is 5.87. The molecule has 0 spiro atoms. The lowest BCUT2D eigenvalue weighted by atomic mass is 10.3. The third-order valence-corrected chi connectivity index (χ3v) is 3.63. The Kier molecular flexibility index (Phi) is 4.77. The predicted octanol–water partition coefficient (Wildman–Crippen LogP) is 2.69. The number of carbonyl (C=O) groups excluding carboxylic acids is 2. The molecule has 2 rings (SSSR count). The normalized spacial score (nSPS) is 10.0. The summed E-state index contributed by atoms with van der Waals surface area (Å²) < 4.78 is 5.00. The van der Waals surface area contributed by atoms with Gasteiger partial charge in [0.2, 0.25) is 0 Å². The number of rotatable bonds is 3. The van der Waals surface area contributed by atoms with Crippen molar-refractivity contribution in [2.24, 2.45) is 0 Å². The first-order chi connectivity index (χ1) is 9.99. The van der Waals surface area contributed by atoms with Crippen molar-refractivity contribution in [3.05, 3.63) is 34.3 Å². The van der Waals surface area contributed by atoms with Gasteiger partial charge in [0.1, 0.15) is 5.75 Å². The summed E-state index contributed by atoms with van der Waals surface area (Å²) in [4.78, 5) is 27.5. The van der Waals surface area contributed by atoms with Crippen LogP contribution in [0.5, 0.6) is 5.75 Å². The average molecular weight is 326 g/mol. The SMILES string of the molecule is COc1ccc(NC(=O)C(=O)Nc2nc(C)cs2)cc1Cl. The van der Waals surface area contributed by atoms with Gasteiger partial charge in [-0.3, -0.25) is 14.9 Å². The van der Waals surface area contributed by atoms with E-state index >= 15 is 0 Å². The number of methoxy groups -OCH3 is 1. The zero-order chi connectivity index (χ0) is 15.4. The molecule has 1 aromatic heterocycles. The lowest BCUT2D eigenvalue weighted by Gasteiger charge is -2.07. The van der Waals surface area contributed by atoms with Gasteiger partial charge in [0.25, 0.3) is 0 Å². The molecule has 0 aliphatic carbocycles. The number of anilines is 2. The summed E-state index contributed by atoms with van der Waals surface area (Å²) in [5.74, 6) is -1.11. The van der Waals surface area contributed by atoms with Gasteiger partial charge in [-0.25, -0.2) is 4.98 Å². The molecule has 2 aromatic rings. The molecular formula is C13H12ClN3O3S. The van der Waals surface area contributed by atoms with Gasteiger partial charge in [-0.1, -0.05) is 11.6 Å². The van der Waals surface area contributed by atoms with E-state index in [-0.39, 0.29) is 0 Å².